The predicted molar refractivity (Wildman–Crippen MR) is 91.8 cm³/mol. The van der Waals surface area contributed by atoms with Gasteiger partial charge in [0, 0.05) is 12.7 Å². The van der Waals surface area contributed by atoms with Crippen LogP contribution in [0, 0.1) is 0 Å². The van der Waals surface area contributed by atoms with Crippen LogP contribution < -0.4 is 10.2 Å². The minimum absolute atomic E-state index is 0.0336. The standard InChI is InChI=1S/C16H14Cl2N2O3/c1-20(10-6-7-12(17)13(18)8-10)9-15(21)19-14-5-3-2-4-11(14)16(22)23/h2-8H,9H2,1H3,(H,19,21)(H,22,23). The van der Waals surface area contributed by atoms with Crippen LogP contribution in [0.25, 0.3) is 0 Å². The SMILES string of the molecule is CN(CC(=O)Nc1ccccc1C(=O)O)c1ccc(Cl)c(Cl)c1. The Balaban J connectivity index is 2.07. The van der Waals surface area contributed by atoms with E-state index in [1.165, 1.54) is 6.07 Å². The van der Waals surface area contributed by atoms with Gasteiger partial charge in [0.2, 0.25) is 5.91 Å². The second kappa shape index (κ2) is 7.35. The van der Waals surface area contributed by atoms with E-state index in [0.29, 0.717) is 10.0 Å². The number of para-hydroxylation sites is 1. The molecule has 23 heavy (non-hydrogen) atoms. The molecule has 0 bridgehead atoms. The van der Waals surface area contributed by atoms with Gasteiger partial charge in [-0.1, -0.05) is 35.3 Å². The first-order chi connectivity index (χ1) is 10.9. The van der Waals surface area contributed by atoms with Crippen LogP contribution in [-0.4, -0.2) is 30.6 Å². The highest BCUT2D eigenvalue weighted by Crippen LogP contribution is 2.26. The number of carboxylic acids is 1. The number of nitrogens with zero attached hydrogens (tertiary/aromatic N) is 1. The van der Waals surface area contributed by atoms with Gasteiger partial charge >= 0.3 is 5.97 Å². The van der Waals surface area contributed by atoms with Gasteiger partial charge in [-0.2, -0.15) is 0 Å². The van der Waals surface area contributed by atoms with Crippen LogP contribution in [0.15, 0.2) is 42.5 Å². The summed E-state index contributed by atoms with van der Waals surface area (Å²) in [5, 5.41) is 12.5. The summed E-state index contributed by atoms with van der Waals surface area (Å²) < 4.78 is 0. The Bertz CT molecular complexity index is 750. The van der Waals surface area contributed by atoms with E-state index in [1.807, 2.05) is 0 Å². The van der Waals surface area contributed by atoms with Gasteiger partial charge in [0.25, 0.3) is 0 Å². The summed E-state index contributed by atoms with van der Waals surface area (Å²) in [6.45, 7) is 0.0336. The van der Waals surface area contributed by atoms with Crippen molar-refractivity contribution >= 4 is 46.5 Å². The fraction of sp³-hybridized carbons (Fsp3) is 0.125. The zero-order valence-electron chi connectivity index (χ0n) is 12.2. The molecule has 5 nitrogen and oxygen atoms in total. The molecular formula is C16H14Cl2N2O3. The highest BCUT2D eigenvalue weighted by Gasteiger charge is 2.13. The third-order valence-corrected chi connectivity index (χ3v) is 3.90. The van der Waals surface area contributed by atoms with E-state index >= 15 is 0 Å². The molecule has 1 amide bonds. The topological polar surface area (TPSA) is 69.6 Å². The summed E-state index contributed by atoms with van der Waals surface area (Å²) in [4.78, 5) is 24.9. The minimum atomic E-state index is -1.10. The van der Waals surface area contributed by atoms with Crippen molar-refractivity contribution in [2.24, 2.45) is 0 Å². The number of aromatic carboxylic acids is 1. The molecule has 0 aliphatic rings. The molecule has 7 heteroatoms. The highest BCUT2D eigenvalue weighted by atomic mass is 35.5. The van der Waals surface area contributed by atoms with Crippen LogP contribution in [0.3, 0.4) is 0 Å². The number of anilines is 2. The Kier molecular flexibility index (Phi) is 5.47. The average Bonchev–Trinajstić information content (AvgIpc) is 2.50. The zero-order chi connectivity index (χ0) is 17.0. The Labute approximate surface area is 143 Å². The second-order valence-corrected chi connectivity index (χ2v) is 5.67. The number of carboxylic acid groups (broad SMARTS) is 1. The summed E-state index contributed by atoms with van der Waals surface area (Å²) in [6, 6.07) is 11.3. The second-order valence-electron chi connectivity index (χ2n) is 4.85. The first-order valence-corrected chi connectivity index (χ1v) is 7.42. The third-order valence-electron chi connectivity index (χ3n) is 3.16. The van der Waals surface area contributed by atoms with Crippen molar-refractivity contribution in [2.75, 3.05) is 23.8 Å². The van der Waals surface area contributed by atoms with Crippen molar-refractivity contribution in [2.45, 2.75) is 0 Å². The van der Waals surface area contributed by atoms with Gasteiger partial charge in [0.05, 0.1) is 27.8 Å². The van der Waals surface area contributed by atoms with Crippen molar-refractivity contribution in [1.29, 1.82) is 0 Å². The fourth-order valence-electron chi connectivity index (χ4n) is 2.00. The lowest BCUT2D eigenvalue weighted by atomic mass is 10.2. The number of nitrogens with one attached hydrogen (secondary N) is 1. The maximum absolute atomic E-state index is 12.1. The maximum atomic E-state index is 12.1. The molecule has 0 heterocycles. The maximum Gasteiger partial charge on any atom is 0.337 e. The summed E-state index contributed by atoms with van der Waals surface area (Å²) >= 11 is 11.8. The monoisotopic (exact) mass is 352 g/mol. The van der Waals surface area contributed by atoms with E-state index in [9.17, 15) is 9.59 Å². The zero-order valence-corrected chi connectivity index (χ0v) is 13.7. The molecular weight excluding hydrogens is 339 g/mol. The summed E-state index contributed by atoms with van der Waals surface area (Å²) in [5.41, 5.74) is 1.02. The number of amides is 1. The van der Waals surface area contributed by atoms with Crippen LogP contribution in [-0.2, 0) is 4.79 Å². The van der Waals surface area contributed by atoms with Gasteiger partial charge < -0.3 is 15.3 Å². The number of hydrogen-bond acceptors (Lipinski definition) is 3. The summed E-state index contributed by atoms with van der Waals surface area (Å²) in [7, 11) is 1.72. The lowest BCUT2D eigenvalue weighted by molar-refractivity contribution is -0.114. The number of hydrogen-bond donors (Lipinski definition) is 2. The molecule has 0 unspecified atom stereocenters. The number of benzene rings is 2. The van der Waals surface area contributed by atoms with Gasteiger partial charge in [-0.25, -0.2) is 4.79 Å². The van der Waals surface area contributed by atoms with Crippen LogP contribution in [0.1, 0.15) is 10.4 Å². The first kappa shape index (κ1) is 17.1. The van der Waals surface area contributed by atoms with Crippen molar-refractivity contribution < 1.29 is 14.7 Å². The average molecular weight is 353 g/mol. The van der Waals surface area contributed by atoms with Crippen molar-refractivity contribution in [3.8, 4) is 0 Å². The van der Waals surface area contributed by atoms with E-state index < -0.39 is 5.97 Å². The molecule has 0 spiro atoms. The van der Waals surface area contributed by atoms with Crippen molar-refractivity contribution in [3.63, 3.8) is 0 Å². The lowest BCUT2D eigenvalue weighted by Gasteiger charge is -2.19. The fourth-order valence-corrected chi connectivity index (χ4v) is 2.29. The van der Waals surface area contributed by atoms with Crippen LogP contribution in [0.5, 0.6) is 0 Å². The van der Waals surface area contributed by atoms with E-state index in [4.69, 9.17) is 28.3 Å². The largest absolute Gasteiger partial charge is 0.478 e. The molecule has 0 radical (unpaired) electrons. The summed E-state index contributed by atoms with van der Waals surface area (Å²) in [5.74, 6) is -1.44. The van der Waals surface area contributed by atoms with Crippen LogP contribution >= 0.6 is 23.2 Å². The number of halogens is 2. The molecule has 0 fully saturated rings. The molecule has 0 aromatic heterocycles. The van der Waals surface area contributed by atoms with E-state index in [0.717, 1.165) is 5.69 Å². The molecule has 0 aliphatic carbocycles. The molecule has 2 aromatic rings. The Morgan fingerprint density at radius 2 is 1.83 bits per heavy atom. The van der Waals surface area contributed by atoms with Crippen LogP contribution in [0.2, 0.25) is 10.0 Å². The Morgan fingerprint density at radius 1 is 1.13 bits per heavy atom. The first-order valence-electron chi connectivity index (χ1n) is 6.67. The number of carbonyl (C=O) groups is 2. The molecule has 2 rings (SSSR count). The molecule has 120 valence electrons. The quantitative estimate of drug-likeness (QED) is 0.859. The van der Waals surface area contributed by atoms with E-state index in [-0.39, 0.29) is 23.7 Å². The van der Waals surface area contributed by atoms with Gasteiger partial charge in [-0.05, 0) is 30.3 Å². The highest BCUT2D eigenvalue weighted by molar-refractivity contribution is 6.42. The van der Waals surface area contributed by atoms with E-state index in [2.05, 4.69) is 5.32 Å². The molecule has 0 atom stereocenters. The van der Waals surface area contributed by atoms with Gasteiger partial charge in [-0.3, -0.25) is 4.79 Å². The van der Waals surface area contributed by atoms with Gasteiger partial charge in [0.1, 0.15) is 0 Å². The Hall–Kier alpha value is -2.24. The Morgan fingerprint density at radius 3 is 2.48 bits per heavy atom. The molecule has 2 aromatic carbocycles. The van der Waals surface area contributed by atoms with Gasteiger partial charge in [-0.15, -0.1) is 0 Å². The smallest absolute Gasteiger partial charge is 0.337 e. The van der Waals surface area contributed by atoms with Crippen LogP contribution in [0.4, 0.5) is 11.4 Å². The number of rotatable bonds is 5. The molecule has 0 aliphatic heterocycles. The molecule has 0 saturated carbocycles. The lowest BCUT2D eigenvalue weighted by Crippen LogP contribution is -2.30. The minimum Gasteiger partial charge on any atom is -0.478 e. The van der Waals surface area contributed by atoms with Crippen molar-refractivity contribution in [3.05, 3.63) is 58.1 Å². The normalized spacial score (nSPS) is 10.2. The summed E-state index contributed by atoms with van der Waals surface area (Å²) in [6.07, 6.45) is 0. The molecule has 0 saturated heterocycles. The number of likely N-dealkylation sites (N-methyl/N-ethyl adjacent to an activating group) is 1. The third kappa shape index (κ3) is 4.37. The van der Waals surface area contributed by atoms with Crippen molar-refractivity contribution in [1.82, 2.24) is 0 Å². The molecule has 2 N–H and O–H groups in total. The van der Waals surface area contributed by atoms with E-state index in [1.54, 1.807) is 48.3 Å². The van der Waals surface area contributed by atoms with Gasteiger partial charge in [0.15, 0.2) is 0 Å². The predicted octanol–water partition coefficient (Wildman–Crippen LogP) is 3.77. The number of carbonyl (C=O) groups excluding carboxylic acids is 1.